The number of aryl methyl sites for hydroxylation is 1. The Bertz CT molecular complexity index is 923. The van der Waals surface area contributed by atoms with Gasteiger partial charge in [0.1, 0.15) is 5.69 Å². The zero-order chi connectivity index (χ0) is 19.3. The first kappa shape index (κ1) is 18.8. The van der Waals surface area contributed by atoms with E-state index in [1.807, 2.05) is 12.1 Å². The standard InChI is InChI=1S/C24H29N3O/c1-18-7-8-22-21(15-18)17-23(26-22)24(28)25-11-14-27-12-9-20(10-13-27)16-19-5-3-2-4-6-19/h2-8,15,17,20,26H,9-14,16H2,1H3,(H,25,28). The molecule has 0 atom stereocenters. The Morgan fingerprint density at radius 3 is 2.68 bits per heavy atom. The van der Waals surface area contributed by atoms with Crippen molar-refractivity contribution in [2.75, 3.05) is 26.2 Å². The molecule has 2 N–H and O–H groups in total. The maximum Gasteiger partial charge on any atom is 0.267 e. The number of H-pyrrole nitrogens is 1. The minimum absolute atomic E-state index is 0.0205. The smallest absolute Gasteiger partial charge is 0.267 e. The molecule has 0 bridgehead atoms. The predicted molar refractivity (Wildman–Crippen MR) is 115 cm³/mol. The Balaban J connectivity index is 1.20. The highest BCUT2D eigenvalue weighted by molar-refractivity contribution is 5.98. The van der Waals surface area contributed by atoms with E-state index in [2.05, 4.69) is 64.6 Å². The lowest BCUT2D eigenvalue weighted by molar-refractivity contribution is 0.0940. The molecule has 4 heteroatoms. The van der Waals surface area contributed by atoms with Gasteiger partial charge in [-0.2, -0.15) is 0 Å². The quantitative estimate of drug-likeness (QED) is 0.680. The van der Waals surface area contributed by atoms with Gasteiger partial charge in [0.25, 0.3) is 5.91 Å². The second-order valence-electron chi connectivity index (χ2n) is 8.00. The summed E-state index contributed by atoms with van der Waals surface area (Å²) in [5, 5.41) is 4.15. The number of fused-ring (bicyclic) bond motifs is 1. The third-order valence-electron chi connectivity index (χ3n) is 5.81. The maximum absolute atomic E-state index is 12.4. The van der Waals surface area contributed by atoms with Crippen LogP contribution in [-0.4, -0.2) is 42.0 Å². The van der Waals surface area contributed by atoms with Crippen molar-refractivity contribution < 1.29 is 4.79 Å². The van der Waals surface area contributed by atoms with Gasteiger partial charge in [-0.3, -0.25) is 4.79 Å². The second-order valence-corrected chi connectivity index (χ2v) is 8.00. The molecule has 146 valence electrons. The van der Waals surface area contributed by atoms with Crippen molar-refractivity contribution in [1.29, 1.82) is 0 Å². The van der Waals surface area contributed by atoms with E-state index >= 15 is 0 Å². The normalized spacial score (nSPS) is 15.8. The van der Waals surface area contributed by atoms with E-state index in [1.165, 1.54) is 30.4 Å². The highest BCUT2D eigenvalue weighted by Gasteiger charge is 2.19. The summed E-state index contributed by atoms with van der Waals surface area (Å²) >= 11 is 0. The number of carbonyl (C=O) groups excluding carboxylic acids is 1. The van der Waals surface area contributed by atoms with E-state index in [-0.39, 0.29) is 5.91 Å². The van der Waals surface area contributed by atoms with Crippen LogP contribution in [0.2, 0.25) is 0 Å². The van der Waals surface area contributed by atoms with Crippen LogP contribution in [0.4, 0.5) is 0 Å². The molecule has 4 nitrogen and oxygen atoms in total. The number of benzene rings is 2. The number of aromatic nitrogens is 1. The lowest BCUT2D eigenvalue weighted by Crippen LogP contribution is -2.40. The van der Waals surface area contributed by atoms with Crippen molar-refractivity contribution in [3.05, 3.63) is 71.4 Å². The SMILES string of the molecule is Cc1ccc2[nH]c(C(=O)NCCN3CCC(Cc4ccccc4)CC3)cc2c1. The molecule has 0 aliphatic carbocycles. The van der Waals surface area contributed by atoms with Gasteiger partial charge in [-0.25, -0.2) is 0 Å². The van der Waals surface area contributed by atoms with E-state index in [4.69, 9.17) is 0 Å². The van der Waals surface area contributed by atoms with Gasteiger partial charge in [-0.1, -0.05) is 42.0 Å². The van der Waals surface area contributed by atoms with Gasteiger partial charge >= 0.3 is 0 Å². The number of hydrogen-bond acceptors (Lipinski definition) is 2. The average molecular weight is 376 g/mol. The third kappa shape index (κ3) is 4.63. The maximum atomic E-state index is 12.4. The van der Waals surface area contributed by atoms with Gasteiger partial charge in [-0.05, 0) is 69.0 Å². The summed E-state index contributed by atoms with van der Waals surface area (Å²) < 4.78 is 0. The van der Waals surface area contributed by atoms with Crippen LogP contribution in [0.15, 0.2) is 54.6 Å². The fraction of sp³-hybridized carbons (Fsp3) is 0.375. The van der Waals surface area contributed by atoms with E-state index in [0.717, 1.165) is 36.5 Å². The molecule has 1 amide bonds. The fourth-order valence-corrected chi connectivity index (χ4v) is 4.16. The number of nitrogens with zero attached hydrogens (tertiary/aromatic N) is 1. The molecule has 1 aliphatic heterocycles. The number of amides is 1. The van der Waals surface area contributed by atoms with Gasteiger partial charge in [0.15, 0.2) is 0 Å². The molecule has 4 rings (SSSR count). The molecule has 0 saturated carbocycles. The van der Waals surface area contributed by atoms with Crippen LogP contribution in [0, 0.1) is 12.8 Å². The number of rotatable bonds is 6. The molecule has 2 aromatic carbocycles. The van der Waals surface area contributed by atoms with E-state index in [1.54, 1.807) is 0 Å². The van der Waals surface area contributed by atoms with Crippen LogP contribution >= 0.6 is 0 Å². The first-order chi connectivity index (χ1) is 13.7. The number of hydrogen-bond donors (Lipinski definition) is 2. The monoisotopic (exact) mass is 375 g/mol. The summed E-state index contributed by atoms with van der Waals surface area (Å²) in [6.45, 7) is 5.92. The van der Waals surface area contributed by atoms with Crippen molar-refractivity contribution in [2.24, 2.45) is 5.92 Å². The summed E-state index contributed by atoms with van der Waals surface area (Å²) in [5.74, 6) is 0.760. The van der Waals surface area contributed by atoms with Crippen LogP contribution in [0.1, 0.15) is 34.5 Å². The molecule has 0 unspecified atom stereocenters. The van der Waals surface area contributed by atoms with Gasteiger partial charge in [0.05, 0.1) is 0 Å². The Kier molecular flexibility index (Phi) is 5.77. The molecule has 1 fully saturated rings. The van der Waals surface area contributed by atoms with Crippen LogP contribution in [0.25, 0.3) is 10.9 Å². The fourth-order valence-electron chi connectivity index (χ4n) is 4.16. The lowest BCUT2D eigenvalue weighted by atomic mass is 9.90. The highest BCUT2D eigenvalue weighted by atomic mass is 16.1. The molecule has 0 spiro atoms. The topological polar surface area (TPSA) is 48.1 Å². The molecular weight excluding hydrogens is 346 g/mol. The molecule has 28 heavy (non-hydrogen) atoms. The average Bonchev–Trinajstić information content (AvgIpc) is 3.13. The molecule has 1 aromatic heterocycles. The van der Waals surface area contributed by atoms with Gasteiger partial charge in [0, 0.05) is 24.0 Å². The highest BCUT2D eigenvalue weighted by Crippen LogP contribution is 2.21. The summed E-state index contributed by atoms with van der Waals surface area (Å²) in [7, 11) is 0. The number of aromatic amines is 1. The molecule has 0 radical (unpaired) electrons. The first-order valence-corrected chi connectivity index (χ1v) is 10.3. The van der Waals surface area contributed by atoms with Crippen LogP contribution < -0.4 is 5.32 Å². The summed E-state index contributed by atoms with van der Waals surface area (Å²) in [5.41, 5.74) is 4.30. The van der Waals surface area contributed by atoms with Gasteiger partial charge in [-0.15, -0.1) is 0 Å². The van der Waals surface area contributed by atoms with Crippen LogP contribution in [-0.2, 0) is 6.42 Å². The predicted octanol–water partition coefficient (Wildman–Crippen LogP) is 4.16. The Labute approximate surface area is 166 Å². The van der Waals surface area contributed by atoms with Gasteiger partial charge in [0.2, 0.25) is 0 Å². The molecule has 2 heterocycles. The van der Waals surface area contributed by atoms with Crippen molar-refractivity contribution in [2.45, 2.75) is 26.2 Å². The summed E-state index contributed by atoms with van der Waals surface area (Å²) in [6.07, 6.45) is 3.67. The number of piperidine rings is 1. The van der Waals surface area contributed by atoms with E-state index in [9.17, 15) is 4.79 Å². The van der Waals surface area contributed by atoms with Crippen molar-refractivity contribution in [3.63, 3.8) is 0 Å². The minimum atomic E-state index is -0.0205. The molecule has 1 aliphatic rings. The van der Waals surface area contributed by atoms with Crippen LogP contribution in [0.3, 0.4) is 0 Å². The third-order valence-corrected chi connectivity index (χ3v) is 5.81. The van der Waals surface area contributed by atoms with E-state index < -0.39 is 0 Å². The molecule has 1 saturated heterocycles. The summed E-state index contributed by atoms with van der Waals surface area (Å²) in [6, 6.07) is 18.9. The van der Waals surface area contributed by atoms with Crippen LogP contribution in [0.5, 0.6) is 0 Å². The summed E-state index contributed by atoms with van der Waals surface area (Å²) in [4.78, 5) is 18.1. The Hall–Kier alpha value is -2.59. The van der Waals surface area contributed by atoms with Gasteiger partial charge < -0.3 is 15.2 Å². The number of carbonyl (C=O) groups is 1. The minimum Gasteiger partial charge on any atom is -0.351 e. The number of likely N-dealkylation sites (tertiary alicyclic amines) is 1. The second kappa shape index (κ2) is 8.61. The molecule has 3 aromatic rings. The van der Waals surface area contributed by atoms with Crippen molar-refractivity contribution >= 4 is 16.8 Å². The Morgan fingerprint density at radius 2 is 1.89 bits per heavy atom. The molecular formula is C24H29N3O. The first-order valence-electron chi connectivity index (χ1n) is 10.3. The Morgan fingerprint density at radius 1 is 1.11 bits per heavy atom. The zero-order valence-electron chi connectivity index (χ0n) is 16.6. The largest absolute Gasteiger partial charge is 0.351 e. The van der Waals surface area contributed by atoms with Crippen molar-refractivity contribution in [1.82, 2.24) is 15.2 Å². The number of nitrogens with one attached hydrogen (secondary N) is 2. The van der Waals surface area contributed by atoms with E-state index in [0.29, 0.717) is 12.2 Å². The zero-order valence-corrected chi connectivity index (χ0v) is 16.6. The lowest BCUT2D eigenvalue weighted by Gasteiger charge is -2.32. The van der Waals surface area contributed by atoms with Crippen molar-refractivity contribution in [3.8, 4) is 0 Å².